The van der Waals surface area contributed by atoms with Gasteiger partial charge in [-0.05, 0) is 35.0 Å². The SMILES string of the molecule is Cc1nc(Br)ccc1C(F)(F)F. The van der Waals surface area contributed by atoms with E-state index in [0.29, 0.717) is 4.60 Å². The third kappa shape index (κ3) is 1.97. The van der Waals surface area contributed by atoms with Gasteiger partial charge in [0.1, 0.15) is 4.60 Å². The van der Waals surface area contributed by atoms with E-state index in [4.69, 9.17) is 0 Å². The van der Waals surface area contributed by atoms with Crippen LogP contribution in [0.3, 0.4) is 0 Å². The minimum absolute atomic E-state index is 0.0168. The molecule has 1 aromatic heterocycles. The molecule has 1 aromatic rings. The zero-order valence-corrected chi connectivity index (χ0v) is 7.70. The Morgan fingerprint density at radius 3 is 2.33 bits per heavy atom. The molecule has 66 valence electrons. The highest BCUT2D eigenvalue weighted by Gasteiger charge is 2.32. The lowest BCUT2D eigenvalue weighted by atomic mass is 10.2. The Hall–Kier alpha value is -0.580. The van der Waals surface area contributed by atoms with Gasteiger partial charge in [-0.25, -0.2) is 4.98 Å². The van der Waals surface area contributed by atoms with E-state index in [-0.39, 0.29) is 5.69 Å². The van der Waals surface area contributed by atoms with Crippen LogP contribution in [0.25, 0.3) is 0 Å². The number of hydrogen-bond acceptors (Lipinski definition) is 1. The zero-order valence-electron chi connectivity index (χ0n) is 6.11. The van der Waals surface area contributed by atoms with Crippen LogP contribution >= 0.6 is 15.9 Å². The third-order valence-electron chi connectivity index (χ3n) is 1.36. The predicted molar refractivity (Wildman–Crippen MR) is 41.7 cm³/mol. The number of alkyl halides is 3. The second-order valence-electron chi connectivity index (χ2n) is 2.26. The summed E-state index contributed by atoms with van der Waals surface area (Å²) >= 11 is 2.98. The lowest BCUT2D eigenvalue weighted by molar-refractivity contribution is -0.138. The normalized spacial score (nSPS) is 11.8. The molecule has 1 nitrogen and oxygen atoms in total. The van der Waals surface area contributed by atoms with Crippen molar-refractivity contribution in [1.29, 1.82) is 0 Å². The number of aryl methyl sites for hydroxylation is 1. The summed E-state index contributed by atoms with van der Waals surface area (Å²) in [4.78, 5) is 3.64. The first-order valence-corrected chi connectivity index (χ1v) is 3.91. The summed E-state index contributed by atoms with van der Waals surface area (Å²) in [6.07, 6.45) is -4.31. The van der Waals surface area contributed by atoms with E-state index in [1.165, 1.54) is 13.0 Å². The van der Waals surface area contributed by atoms with E-state index in [1.54, 1.807) is 0 Å². The van der Waals surface area contributed by atoms with Gasteiger partial charge >= 0.3 is 6.18 Å². The number of aromatic nitrogens is 1. The Kier molecular flexibility index (Phi) is 2.41. The molecule has 0 spiro atoms. The third-order valence-corrected chi connectivity index (χ3v) is 1.80. The predicted octanol–water partition coefficient (Wildman–Crippen LogP) is 3.17. The Labute approximate surface area is 75.7 Å². The Morgan fingerprint density at radius 1 is 1.33 bits per heavy atom. The summed E-state index contributed by atoms with van der Waals surface area (Å²) in [5.74, 6) is 0. The average molecular weight is 240 g/mol. The first-order chi connectivity index (χ1) is 5.41. The molecule has 0 radical (unpaired) electrons. The highest BCUT2D eigenvalue weighted by atomic mass is 79.9. The quantitative estimate of drug-likeness (QED) is 0.634. The molecule has 0 aliphatic heterocycles. The number of hydrogen-bond donors (Lipinski definition) is 0. The van der Waals surface area contributed by atoms with Crippen molar-refractivity contribution in [3.8, 4) is 0 Å². The maximum absolute atomic E-state index is 12.1. The van der Waals surface area contributed by atoms with E-state index in [2.05, 4.69) is 20.9 Å². The van der Waals surface area contributed by atoms with Gasteiger partial charge in [-0.15, -0.1) is 0 Å². The highest BCUT2D eigenvalue weighted by molar-refractivity contribution is 9.10. The number of halogens is 4. The summed E-state index contributed by atoms with van der Waals surface area (Å²) in [5.41, 5.74) is -0.706. The molecule has 1 heterocycles. The van der Waals surface area contributed by atoms with Gasteiger partial charge in [-0.1, -0.05) is 0 Å². The molecule has 5 heteroatoms. The molecule has 1 rings (SSSR count). The lowest BCUT2D eigenvalue weighted by Gasteiger charge is -2.08. The van der Waals surface area contributed by atoms with Crippen molar-refractivity contribution in [2.45, 2.75) is 13.1 Å². The van der Waals surface area contributed by atoms with Gasteiger partial charge in [0.2, 0.25) is 0 Å². The number of pyridine rings is 1. The second kappa shape index (κ2) is 3.05. The van der Waals surface area contributed by atoms with Gasteiger partial charge in [0, 0.05) is 0 Å². The molecule has 0 aromatic carbocycles. The van der Waals surface area contributed by atoms with E-state index in [1.807, 2.05) is 0 Å². The molecule has 0 saturated heterocycles. The van der Waals surface area contributed by atoms with E-state index in [0.717, 1.165) is 6.07 Å². The molecule has 0 aliphatic rings. The first-order valence-electron chi connectivity index (χ1n) is 3.11. The first kappa shape index (κ1) is 9.51. The van der Waals surface area contributed by atoms with E-state index in [9.17, 15) is 13.2 Å². The van der Waals surface area contributed by atoms with Crippen LogP contribution in [0, 0.1) is 6.92 Å². The van der Waals surface area contributed by atoms with Crippen molar-refractivity contribution in [2.24, 2.45) is 0 Å². The summed E-state index contributed by atoms with van der Waals surface area (Å²) in [7, 11) is 0. The maximum Gasteiger partial charge on any atom is 0.418 e. The molecule has 0 N–H and O–H groups in total. The van der Waals surface area contributed by atoms with Gasteiger partial charge < -0.3 is 0 Å². The van der Waals surface area contributed by atoms with Gasteiger partial charge in [-0.2, -0.15) is 13.2 Å². The van der Waals surface area contributed by atoms with E-state index >= 15 is 0 Å². The van der Waals surface area contributed by atoms with Crippen LogP contribution in [0.5, 0.6) is 0 Å². The van der Waals surface area contributed by atoms with Crippen LogP contribution in [-0.2, 0) is 6.18 Å². The fraction of sp³-hybridized carbons (Fsp3) is 0.286. The van der Waals surface area contributed by atoms with Crippen LogP contribution in [0.1, 0.15) is 11.3 Å². The van der Waals surface area contributed by atoms with Crippen LogP contribution in [0.2, 0.25) is 0 Å². The van der Waals surface area contributed by atoms with Crippen molar-refractivity contribution >= 4 is 15.9 Å². The van der Waals surface area contributed by atoms with Crippen LogP contribution in [0.4, 0.5) is 13.2 Å². The molecule has 0 atom stereocenters. The Bertz CT molecular complexity index is 295. The standard InChI is InChI=1S/C7H5BrF3N/c1-4-5(7(9,10)11)2-3-6(8)12-4/h2-3H,1H3. The van der Waals surface area contributed by atoms with Crippen molar-refractivity contribution in [1.82, 2.24) is 4.98 Å². The van der Waals surface area contributed by atoms with Crippen LogP contribution in [-0.4, -0.2) is 4.98 Å². The monoisotopic (exact) mass is 239 g/mol. The second-order valence-corrected chi connectivity index (χ2v) is 3.08. The maximum atomic E-state index is 12.1. The van der Waals surface area contributed by atoms with Crippen molar-refractivity contribution < 1.29 is 13.2 Å². The van der Waals surface area contributed by atoms with Gasteiger partial charge in [0.15, 0.2) is 0 Å². The Morgan fingerprint density at radius 2 is 1.92 bits per heavy atom. The molecule has 0 unspecified atom stereocenters. The molecule has 12 heavy (non-hydrogen) atoms. The van der Waals surface area contributed by atoms with Gasteiger partial charge in [0.05, 0.1) is 11.3 Å². The fourth-order valence-electron chi connectivity index (χ4n) is 0.830. The minimum Gasteiger partial charge on any atom is -0.246 e. The topological polar surface area (TPSA) is 12.9 Å². The van der Waals surface area contributed by atoms with Crippen molar-refractivity contribution in [3.63, 3.8) is 0 Å². The van der Waals surface area contributed by atoms with Crippen molar-refractivity contribution in [3.05, 3.63) is 28.0 Å². The summed E-state index contributed by atoms with van der Waals surface area (Å²) in [6, 6.07) is 2.28. The highest BCUT2D eigenvalue weighted by Crippen LogP contribution is 2.31. The smallest absolute Gasteiger partial charge is 0.246 e. The van der Waals surface area contributed by atoms with Gasteiger partial charge in [0.25, 0.3) is 0 Å². The fourth-order valence-corrected chi connectivity index (χ4v) is 1.23. The summed E-state index contributed by atoms with van der Waals surface area (Å²) < 4.78 is 36.8. The molecule has 0 bridgehead atoms. The number of rotatable bonds is 0. The van der Waals surface area contributed by atoms with Gasteiger partial charge in [-0.3, -0.25) is 0 Å². The summed E-state index contributed by atoms with van der Waals surface area (Å²) in [5, 5.41) is 0. The molecule has 0 fully saturated rings. The molecule has 0 amide bonds. The average Bonchev–Trinajstić information content (AvgIpc) is 1.83. The van der Waals surface area contributed by atoms with Crippen molar-refractivity contribution in [2.75, 3.05) is 0 Å². The molecular weight excluding hydrogens is 235 g/mol. The van der Waals surface area contributed by atoms with Crippen LogP contribution < -0.4 is 0 Å². The van der Waals surface area contributed by atoms with E-state index < -0.39 is 11.7 Å². The summed E-state index contributed by atoms with van der Waals surface area (Å²) in [6.45, 7) is 1.33. The number of nitrogens with zero attached hydrogens (tertiary/aromatic N) is 1. The minimum atomic E-state index is -4.31. The molecule has 0 saturated carbocycles. The zero-order chi connectivity index (χ0) is 9.35. The molecular formula is C7H5BrF3N. The largest absolute Gasteiger partial charge is 0.418 e. The lowest BCUT2D eigenvalue weighted by Crippen LogP contribution is -2.08. The van der Waals surface area contributed by atoms with Crippen LogP contribution in [0.15, 0.2) is 16.7 Å². The molecule has 0 aliphatic carbocycles. The Balaban J connectivity index is 3.19.